The zero-order valence-corrected chi connectivity index (χ0v) is 18.4. The summed E-state index contributed by atoms with van der Waals surface area (Å²) in [6, 6.07) is 5.20. The van der Waals surface area contributed by atoms with Gasteiger partial charge < -0.3 is 37.6 Å². The summed E-state index contributed by atoms with van der Waals surface area (Å²) >= 11 is 0. The smallest absolute Gasteiger partial charge is 0.326 e. The summed E-state index contributed by atoms with van der Waals surface area (Å²) in [6.45, 7) is -0.644. The fraction of sp³-hybridized carbons (Fsp3) is 0.429. The Labute approximate surface area is 195 Å². The Morgan fingerprint density at radius 2 is 1.47 bits per heavy atom. The van der Waals surface area contributed by atoms with Crippen molar-refractivity contribution in [1.82, 2.24) is 16.0 Å². The van der Waals surface area contributed by atoms with E-state index in [0.29, 0.717) is 0 Å². The number of hydrogen-bond donors (Lipinski definition) is 7. The highest BCUT2D eigenvalue weighted by Crippen LogP contribution is 2.04. The van der Waals surface area contributed by atoms with Gasteiger partial charge in [0.1, 0.15) is 12.1 Å². The molecule has 0 fully saturated rings. The molecule has 13 nitrogen and oxygen atoms in total. The van der Waals surface area contributed by atoms with E-state index in [0.717, 1.165) is 5.56 Å². The van der Waals surface area contributed by atoms with Crippen molar-refractivity contribution in [3.8, 4) is 0 Å². The van der Waals surface area contributed by atoms with Crippen LogP contribution in [0, 0.1) is 0 Å². The first-order valence-electron chi connectivity index (χ1n) is 10.4. The molecule has 34 heavy (non-hydrogen) atoms. The molecular weight excluding hydrogens is 450 g/mol. The Morgan fingerprint density at radius 3 is 2.03 bits per heavy atom. The molecule has 1 rings (SSSR count). The van der Waals surface area contributed by atoms with Crippen LogP contribution in [0.3, 0.4) is 0 Å². The predicted octanol–water partition coefficient (Wildman–Crippen LogP) is -2.14. The van der Waals surface area contributed by atoms with Crippen molar-refractivity contribution in [1.29, 1.82) is 0 Å². The van der Waals surface area contributed by atoms with Gasteiger partial charge in [0.2, 0.25) is 23.6 Å². The van der Waals surface area contributed by atoms with E-state index in [1.165, 1.54) is 0 Å². The molecule has 4 amide bonds. The molecule has 0 bridgehead atoms. The highest BCUT2D eigenvalue weighted by atomic mass is 16.4. The van der Waals surface area contributed by atoms with Gasteiger partial charge in [-0.2, -0.15) is 0 Å². The van der Waals surface area contributed by atoms with Gasteiger partial charge in [-0.15, -0.1) is 0 Å². The van der Waals surface area contributed by atoms with Crippen molar-refractivity contribution in [3.63, 3.8) is 0 Å². The van der Waals surface area contributed by atoms with Gasteiger partial charge in [0.05, 0.1) is 12.6 Å². The zero-order valence-electron chi connectivity index (χ0n) is 18.4. The van der Waals surface area contributed by atoms with E-state index in [9.17, 15) is 28.8 Å². The normalized spacial score (nSPS) is 13.1. The number of hydrogen-bond acceptors (Lipinski definition) is 7. The molecule has 0 aliphatic rings. The molecule has 3 unspecified atom stereocenters. The molecule has 0 aliphatic heterocycles. The Bertz CT molecular complexity index is 892. The van der Waals surface area contributed by atoms with E-state index in [1.807, 2.05) is 0 Å². The van der Waals surface area contributed by atoms with Gasteiger partial charge in [-0.1, -0.05) is 30.3 Å². The minimum Gasteiger partial charge on any atom is -0.481 e. The molecule has 9 N–H and O–H groups in total. The summed E-state index contributed by atoms with van der Waals surface area (Å²) < 4.78 is 0. The lowest BCUT2D eigenvalue weighted by Gasteiger charge is -2.20. The van der Waals surface area contributed by atoms with E-state index < -0.39 is 66.7 Å². The third kappa shape index (κ3) is 11.0. The number of nitrogens with one attached hydrogen (secondary N) is 3. The van der Waals surface area contributed by atoms with E-state index in [-0.39, 0.29) is 25.7 Å². The summed E-state index contributed by atoms with van der Waals surface area (Å²) in [5.74, 6) is -5.72. The summed E-state index contributed by atoms with van der Waals surface area (Å²) in [7, 11) is 0. The molecule has 0 saturated carbocycles. The fourth-order valence-corrected chi connectivity index (χ4v) is 2.86. The number of nitrogens with two attached hydrogens (primary N) is 2. The first-order valence-corrected chi connectivity index (χ1v) is 10.4. The second kappa shape index (κ2) is 14.2. The second-order valence-electron chi connectivity index (χ2n) is 7.47. The van der Waals surface area contributed by atoms with Crippen LogP contribution in [0.1, 0.15) is 31.2 Å². The number of carboxylic acids is 2. The first kappa shape index (κ1) is 28.0. The lowest BCUT2D eigenvalue weighted by molar-refractivity contribution is -0.142. The minimum absolute atomic E-state index is 0.185. The standard InChI is InChI=1S/C21H29N5O8/c22-13(10-12-4-2-1-3-5-12)19(31)26-14(7-9-18(29)30)20(32)24-11-17(28)25-15(21(33)34)6-8-16(23)27/h1-5,13-15H,6-11,22H2,(H2,23,27)(H,24,32)(H,25,28)(H,26,31)(H,29,30)(H,33,34). The first-order chi connectivity index (χ1) is 16.0. The van der Waals surface area contributed by atoms with Crippen LogP contribution in [0.2, 0.25) is 0 Å². The van der Waals surface area contributed by atoms with Crippen molar-refractivity contribution in [3.05, 3.63) is 35.9 Å². The van der Waals surface area contributed by atoms with Gasteiger partial charge in [-0.3, -0.25) is 24.0 Å². The molecule has 13 heteroatoms. The summed E-state index contributed by atoms with van der Waals surface area (Å²) in [4.78, 5) is 69.9. The topological polar surface area (TPSA) is 231 Å². The quantitative estimate of drug-likeness (QED) is 0.145. The van der Waals surface area contributed by atoms with Crippen molar-refractivity contribution >= 4 is 35.6 Å². The third-order valence-corrected chi connectivity index (χ3v) is 4.65. The van der Waals surface area contributed by atoms with Crippen molar-refractivity contribution in [2.75, 3.05) is 6.54 Å². The Kier molecular flexibility index (Phi) is 11.7. The number of aliphatic carboxylic acids is 2. The number of primary amides is 1. The van der Waals surface area contributed by atoms with Crippen LogP contribution >= 0.6 is 0 Å². The highest BCUT2D eigenvalue weighted by molar-refractivity contribution is 5.93. The maximum Gasteiger partial charge on any atom is 0.326 e. The lowest BCUT2D eigenvalue weighted by Crippen LogP contribution is -2.54. The van der Waals surface area contributed by atoms with Crippen LogP contribution in [0.4, 0.5) is 0 Å². The molecule has 186 valence electrons. The fourth-order valence-electron chi connectivity index (χ4n) is 2.86. The average molecular weight is 479 g/mol. The van der Waals surface area contributed by atoms with E-state index >= 15 is 0 Å². The molecule has 0 spiro atoms. The number of benzene rings is 1. The van der Waals surface area contributed by atoms with Crippen molar-refractivity contribution < 1.29 is 39.0 Å². The monoisotopic (exact) mass is 479 g/mol. The molecule has 0 saturated heterocycles. The maximum atomic E-state index is 12.5. The van der Waals surface area contributed by atoms with E-state index in [2.05, 4.69) is 16.0 Å². The summed E-state index contributed by atoms with van der Waals surface area (Å²) in [6.07, 6.45) is -1.02. The van der Waals surface area contributed by atoms with Gasteiger partial charge in [-0.25, -0.2) is 4.79 Å². The van der Waals surface area contributed by atoms with Crippen LogP contribution in [-0.4, -0.2) is 70.5 Å². The van der Waals surface area contributed by atoms with Crippen LogP contribution < -0.4 is 27.4 Å². The Hall–Kier alpha value is -4.00. The average Bonchev–Trinajstić information content (AvgIpc) is 2.77. The van der Waals surface area contributed by atoms with Gasteiger partial charge in [0, 0.05) is 12.8 Å². The molecule has 0 aromatic heterocycles. The van der Waals surface area contributed by atoms with E-state index in [4.69, 9.17) is 21.7 Å². The summed E-state index contributed by atoms with van der Waals surface area (Å²) in [5, 5.41) is 24.8. The van der Waals surface area contributed by atoms with E-state index in [1.54, 1.807) is 30.3 Å². The lowest BCUT2D eigenvalue weighted by atomic mass is 10.0. The number of carboxylic acid groups (broad SMARTS) is 2. The maximum absolute atomic E-state index is 12.5. The zero-order chi connectivity index (χ0) is 25.7. The number of carbonyl (C=O) groups is 6. The number of amides is 4. The van der Waals surface area contributed by atoms with Gasteiger partial charge in [-0.05, 0) is 24.8 Å². The molecular formula is C21H29N5O8. The third-order valence-electron chi connectivity index (χ3n) is 4.65. The number of rotatable bonds is 15. The Morgan fingerprint density at radius 1 is 0.853 bits per heavy atom. The minimum atomic E-state index is -1.39. The molecule has 3 atom stereocenters. The van der Waals surface area contributed by atoms with Crippen LogP contribution in [-0.2, 0) is 35.2 Å². The van der Waals surface area contributed by atoms with Crippen molar-refractivity contribution in [2.45, 2.75) is 50.2 Å². The largest absolute Gasteiger partial charge is 0.481 e. The van der Waals surface area contributed by atoms with Crippen molar-refractivity contribution in [2.24, 2.45) is 11.5 Å². The van der Waals surface area contributed by atoms with Crippen LogP contribution in [0.5, 0.6) is 0 Å². The molecule has 0 aliphatic carbocycles. The second-order valence-corrected chi connectivity index (χ2v) is 7.47. The summed E-state index contributed by atoms with van der Waals surface area (Å²) in [5.41, 5.74) is 11.7. The van der Waals surface area contributed by atoms with Gasteiger partial charge >= 0.3 is 11.9 Å². The van der Waals surface area contributed by atoms with Crippen LogP contribution in [0.15, 0.2) is 30.3 Å². The van der Waals surface area contributed by atoms with Crippen LogP contribution in [0.25, 0.3) is 0 Å². The number of carbonyl (C=O) groups excluding carboxylic acids is 4. The molecule has 0 radical (unpaired) electrons. The molecule has 0 heterocycles. The highest BCUT2D eigenvalue weighted by Gasteiger charge is 2.26. The molecule has 1 aromatic carbocycles. The van der Waals surface area contributed by atoms with Gasteiger partial charge in [0.25, 0.3) is 0 Å². The van der Waals surface area contributed by atoms with Gasteiger partial charge in [0.15, 0.2) is 0 Å². The molecule has 1 aromatic rings. The Balaban J connectivity index is 2.69. The SMILES string of the molecule is NC(=O)CCC(NC(=O)CNC(=O)C(CCC(=O)O)NC(=O)C(N)Cc1ccccc1)C(=O)O. The predicted molar refractivity (Wildman–Crippen MR) is 118 cm³/mol.